The van der Waals surface area contributed by atoms with Crippen molar-refractivity contribution in [2.75, 3.05) is 4.90 Å². The van der Waals surface area contributed by atoms with Gasteiger partial charge in [-0.05, 0) is 25.0 Å². The molecule has 5 nitrogen and oxygen atoms in total. The highest BCUT2D eigenvalue weighted by Crippen LogP contribution is 2.49. The predicted molar refractivity (Wildman–Crippen MR) is 61.6 cm³/mol. The second kappa shape index (κ2) is 3.38. The lowest BCUT2D eigenvalue weighted by Crippen LogP contribution is -2.34. The van der Waals surface area contributed by atoms with E-state index >= 15 is 0 Å². The minimum atomic E-state index is -0.279. The SMILES string of the molecule is O=C1C2C3CCC(O3)C2C(=O)N1c1ccccn1. The first-order valence-corrected chi connectivity index (χ1v) is 6.21. The first kappa shape index (κ1) is 10.2. The zero-order valence-corrected chi connectivity index (χ0v) is 9.65. The molecule has 0 N–H and O–H groups in total. The van der Waals surface area contributed by atoms with Crippen LogP contribution in [0.4, 0.5) is 5.82 Å². The van der Waals surface area contributed by atoms with Gasteiger partial charge in [0.1, 0.15) is 5.82 Å². The van der Waals surface area contributed by atoms with Crippen LogP contribution in [0.1, 0.15) is 12.8 Å². The van der Waals surface area contributed by atoms with Gasteiger partial charge in [-0.2, -0.15) is 0 Å². The van der Waals surface area contributed by atoms with Crippen molar-refractivity contribution in [2.24, 2.45) is 11.8 Å². The lowest BCUT2D eigenvalue weighted by molar-refractivity contribution is -0.124. The Morgan fingerprint density at radius 3 is 2.33 bits per heavy atom. The third-order valence-electron chi connectivity index (χ3n) is 4.16. The van der Waals surface area contributed by atoms with E-state index in [1.54, 1.807) is 24.4 Å². The number of pyridine rings is 1. The van der Waals surface area contributed by atoms with E-state index in [0.29, 0.717) is 5.82 Å². The number of carbonyl (C=O) groups is 2. The first-order valence-electron chi connectivity index (χ1n) is 6.21. The van der Waals surface area contributed by atoms with Crippen molar-refractivity contribution in [1.82, 2.24) is 4.98 Å². The van der Waals surface area contributed by atoms with Crippen LogP contribution in [0.3, 0.4) is 0 Å². The van der Waals surface area contributed by atoms with Crippen molar-refractivity contribution >= 4 is 17.6 Å². The molecule has 3 saturated heterocycles. The molecule has 4 rings (SSSR count). The highest BCUT2D eigenvalue weighted by atomic mass is 16.5. The van der Waals surface area contributed by atoms with E-state index in [1.165, 1.54) is 4.90 Å². The fourth-order valence-corrected chi connectivity index (χ4v) is 3.42. The summed E-state index contributed by atoms with van der Waals surface area (Å²) in [4.78, 5) is 30.1. The summed E-state index contributed by atoms with van der Waals surface area (Å²) in [5.41, 5.74) is 0. The molecule has 3 aliphatic rings. The Balaban J connectivity index is 1.76. The molecule has 0 spiro atoms. The Labute approximate surface area is 104 Å². The van der Waals surface area contributed by atoms with E-state index in [9.17, 15) is 9.59 Å². The van der Waals surface area contributed by atoms with Gasteiger partial charge in [-0.3, -0.25) is 9.59 Å². The van der Waals surface area contributed by atoms with Gasteiger partial charge in [0, 0.05) is 6.20 Å². The molecule has 0 aromatic carbocycles. The van der Waals surface area contributed by atoms with Crippen LogP contribution >= 0.6 is 0 Å². The summed E-state index contributed by atoms with van der Waals surface area (Å²) in [7, 11) is 0. The lowest BCUT2D eigenvalue weighted by Gasteiger charge is -2.15. The molecule has 3 fully saturated rings. The summed E-state index contributed by atoms with van der Waals surface area (Å²) in [5.74, 6) is -0.412. The van der Waals surface area contributed by atoms with E-state index in [-0.39, 0.29) is 35.9 Å². The number of hydrogen-bond donors (Lipinski definition) is 0. The van der Waals surface area contributed by atoms with Gasteiger partial charge < -0.3 is 4.74 Å². The fourth-order valence-electron chi connectivity index (χ4n) is 3.42. The Hall–Kier alpha value is -1.75. The maximum atomic E-state index is 12.4. The highest BCUT2D eigenvalue weighted by molar-refractivity contribution is 6.22. The number of imide groups is 1. The number of aromatic nitrogens is 1. The van der Waals surface area contributed by atoms with Crippen LogP contribution in [-0.4, -0.2) is 29.0 Å². The largest absolute Gasteiger partial charge is 0.373 e. The fraction of sp³-hybridized carbons (Fsp3) is 0.462. The van der Waals surface area contributed by atoms with E-state index < -0.39 is 0 Å². The summed E-state index contributed by atoms with van der Waals surface area (Å²) >= 11 is 0. The highest BCUT2D eigenvalue weighted by Gasteiger charge is 2.62. The van der Waals surface area contributed by atoms with Crippen molar-refractivity contribution in [3.05, 3.63) is 24.4 Å². The number of fused-ring (bicyclic) bond motifs is 5. The maximum Gasteiger partial charge on any atom is 0.241 e. The molecule has 2 amide bonds. The van der Waals surface area contributed by atoms with E-state index in [0.717, 1.165) is 12.8 Å². The molecule has 1 aromatic heterocycles. The zero-order valence-electron chi connectivity index (χ0n) is 9.65. The Bertz CT molecular complexity index is 502. The molecule has 2 bridgehead atoms. The summed E-state index contributed by atoms with van der Waals surface area (Å²) in [6, 6.07) is 5.24. The zero-order chi connectivity index (χ0) is 12.3. The molecule has 4 unspecified atom stereocenters. The predicted octanol–water partition coefficient (Wildman–Crippen LogP) is 0.748. The van der Waals surface area contributed by atoms with Gasteiger partial charge in [-0.15, -0.1) is 0 Å². The van der Waals surface area contributed by atoms with Crippen LogP contribution in [0, 0.1) is 11.8 Å². The van der Waals surface area contributed by atoms with Gasteiger partial charge >= 0.3 is 0 Å². The molecule has 3 aliphatic heterocycles. The summed E-state index contributed by atoms with van der Waals surface area (Å²) in [6.07, 6.45) is 3.24. The van der Waals surface area contributed by atoms with E-state index in [1.807, 2.05) is 0 Å². The number of carbonyl (C=O) groups excluding carboxylic acids is 2. The number of rotatable bonds is 1. The van der Waals surface area contributed by atoms with E-state index in [4.69, 9.17) is 4.74 Å². The average Bonchev–Trinajstić information content (AvgIpc) is 3.05. The summed E-state index contributed by atoms with van der Waals surface area (Å²) < 4.78 is 5.68. The average molecular weight is 244 g/mol. The van der Waals surface area contributed by atoms with Gasteiger partial charge in [0.25, 0.3) is 0 Å². The Morgan fingerprint density at radius 2 is 1.78 bits per heavy atom. The van der Waals surface area contributed by atoms with Gasteiger partial charge in [0.2, 0.25) is 11.8 Å². The number of anilines is 1. The molecular formula is C13H12N2O3. The number of hydrogen-bond acceptors (Lipinski definition) is 4. The third-order valence-corrected chi connectivity index (χ3v) is 4.16. The Kier molecular flexibility index (Phi) is 1.92. The quantitative estimate of drug-likeness (QED) is 0.684. The van der Waals surface area contributed by atoms with Crippen LogP contribution in [0.5, 0.6) is 0 Å². The van der Waals surface area contributed by atoms with Crippen molar-refractivity contribution in [3.8, 4) is 0 Å². The molecular weight excluding hydrogens is 232 g/mol. The minimum absolute atomic E-state index is 0.0647. The second-order valence-electron chi connectivity index (χ2n) is 5.04. The molecule has 92 valence electrons. The minimum Gasteiger partial charge on any atom is -0.373 e. The lowest BCUT2D eigenvalue weighted by atomic mass is 9.81. The van der Waals surface area contributed by atoms with Gasteiger partial charge in [0.05, 0.1) is 24.0 Å². The van der Waals surface area contributed by atoms with Crippen molar-refractivity contribution < 1.29 is 14.3 Å². The number of amides is 2. The van der Waals surface area contributed by atoms with Gasteiger partial charge in [-0.1, -0.05) is 6.07 Å². The molecule has 0 aliphatic carbocycles. The van der Waals surface area contributed by atoms with Crippen LogP contribution in [0.2, 0.25) is 0 Å². The van der Waals surface area contributed by atoms with Gasteiger partial charge in [0.15, 0.2) is 0 Å². The van der Waals surface area contributed by atoms with Crippen LogP contribution in [0.25, 0.3) is 0 Å². The van der Waals surface area contributed by atoms with Crippen molar-refractivity contribution in [1.29, 1.82) is 0 Å². The van der Waals surface area contributed by atoms with Gasteiger partial charge in [-0.25, -0.2) is 9.88 Å². The monoisotopic (exact) mass is 244 g/mol. The second-order valence-corrected chi connectivity index (χ2v) is 5.04. The Morgan fingerprint density at radius 1 is 1.11 bits per heavy atom. The molecule has 18 heavy (non-hydrogen) atoms. The van der Waals surface area contributed by atoms with E-state index in [2.05, 4.69) is 4.98 Å². The summed E-state index contributed by atoms with van der Waals surface area (Å²) in [5, 5.41) is 0. The molecule has 4 atom stereocenters. The smallest absolute Gasteiger partial charge is 0.241 e. The molecule has 0 radical (unpaired) electrons. The van der Waals surface area contributed by atoms with Crippen LogP contribution in [-0.2, 0) is 14.3 Å². The summed E-state index contributed by atoms with van der Waals surface area (Å²) in [6.45, 7) is 0. The number of nitrogens with zero attached hydrogens (tertiary/aromatic N) is 2. The molecule has 5 heteroatoms. The number of ether oxygens (including phenoxy) is 1. The normalized spacial score (nSPS) is 37.4. The third kappa shape index (κ3) is 1.12. The van der Waals surface area contributed by atoms with Crippen molar-refractivity contribution in [3.63, 3.8) is 0 Å². The standard InChI is InChI=1S/C13H12N2O3/c16-12-10-7-4-5-8(18-7)11(10)13(17)15(12)9-3-1-2-6-14-9/h1-3,6-8,10-11H,4-5H2. The maximum absolute atomic E-state index is 12.4. The topological polar surface area (TPSA) is 59.5 Å². The van der Waals surface area contributed by atoms with Crippen LogP contribution < -0.4 is 4.90 Å². The molecule has 0 saturated carbocycles. The molecule has 1 aromatic rings. The van der Waals surface area contributed by atoms with Crippen molar-refractivity contribution in [2.45, 2.75) is 25.0 Å². The first-order chi connectivity index (χ1) is 8.77. The van der Waals surface area contributed by atoms with Crippen LogP contribution in [0.15, 0.2) is 24.4 Å². The molecule has 4 heterocycles.